The number of nitrogens with one attached hydrogen (secondary N) is 1. The van der Waals surface area contributed by atoms with Crippen molar-refractivity contribution < 1.29 is 4.36 Å². The van der Waals surface area contributed by atoms with E-state index < -0.39 is 0 Å². The van der Waals surface area contributed by atoms with Gasteiger partial charge in [0.2, 0.25) is 0 Å². The molecule has 0 fully saturated rings. The van der Waals surface area contributed by atoms with Crippen LogP contribution in [-0.2, 0) is 11.1 Å². The van der Waals surface area contributed by atoms with Crippen LogP contribution >= 0.6 is 12.6 Å². The van der Waals surface area contributed by atoms with Crippen molar-refractivity contribution >= 4 is 35.3 Å². The second-order valence-corrected chi connectivity index (χ2v) is 2.87. The number of thiol groups is 2. The standard InChI is InChI=1S/C7H9NS2/c1-10-8-6-2-4-7(9)5-3-6/h2-5,8-10H,1H2. The second-order valence-electron chi connectivity index (χ2n) is 1.82. The third-order valence-electron chi connectivity index (χ3n) is 1.08. The molecule has 1 aromatic carbocycles. The molecule has 3 heteroatoms. The zero-order valence-electron chi connectivity index (χ0n) is 5.41. The molecule has 0 bridgehead atoms. The maximum atomic E-state index is 4.15. The summed E-state index contributed by atoms with van der Waals surface area (Å²) in [5, 5.41) is 0. The van der Waals surface area contributed by atoms with E-state index in [4.69, 9.17) is 0 Å². The first kappa shape index (κ1) is 7.69. The molecule has 0 aromatic heterocycles. The van der Waals surface area contributed by atoms with Gasteiger partial charge in [0.25, 0.3) is 0 Å². The molecule has 0 saturated heterocycles. The smallest absolute Gasteiger partial charge is 0.181 e. The Morgan fingerprint density at radius 3 is 2.40 bits per heavy atom. The largest absolute Gasteiger partial charge is 0.333 e. The Bertz CT molecular complexity index is 259. The van der Waals surface area contributed by atoms with Gasteiger partial charge in [-0.2, -0.15) is 5.87 Å². The SMILES string of the molecule is C=[SH-]=[NH+]c1ccc(S)cc1. The van der Waals surface area contributed by atoms with Crippen molar-refractivity contribution in [3.63, 3.8) is 0 Å². The Balaban J connectivity index is 3.00. The van der Waals surface area contributed by atoms with Crippen LogP contribution in [0.25, 0.3) is 0 Å². The Morgan fingerprint density at radius 2 is 1.90 bits per heavy atom. The fourth-order valence-electron chi connectivity index (χ4n) is 0.627. The van der Waals surface area contributed by atoms with Crippen LogP contribution in [0.3, 0.4) is 0 Å². The summed E-state index contributed by atoms with van der Waals surface area (Å²) >= 11 is 5.08. The van der Waals surface area contributed by atoms with Crippen molar-refractivity contribution in [2.24, 2.45) is 0 Å². The van der Waals surface area contributed by atoms with Crippen molar-refractivity contribution in [1.82, 2.24) is 0 Å². The Morgan fingerprint density at radius 1 is 1.30 bits per heavy atom. The fraction of sp³-hybridized carbons (Fsp3) is 0. The number of rotatable bonds is 1. The van der Waals surface area contributed by atoms with Gasteiger partial charge in [0.1, 0.15) is 0 Å². The quantitative estimate of drug-likeness (QED) is 0.339. The molecule has 54 valence electrons. The lowest BCUT2D eigenvalue weighted by atomic mass is 10.3. The third-order valence-corrected chi connectivity index (χ3v) is 1.79. The predicted molar refractivity (Wildman–Crippen MR) is 50.2 cm³/mol. The summed E-state index contributed by atoms with van der Waals surface area (Å²) in [6.07, 6.45) is 0. The highest BCUT2D eigenvalue weighted by molar-refractivity contribution is 7.80. The van der Waals surface area contributed by atoms with Gasteiger partial charge in [-0.15, -0.1) is 12.6 Å². The van der Waals surface area contributed by atoms with Gasteiger partial charge in [-0.3, -0.25) is 0 Å². The lowest BCUT2D eigenvalue weighted by molar-refractivity contribution is -0.316. The van der Waals surface area contributed by atoms with Crippen LogP contribution in [0.4, 0.5) is 5.69 Å². The number of hydrogen-bond donors (Lipinski definition) is 2. The van der Waals surface area contributed by atoms with Crippen molar-refractivity contribution in [1.29, 1.82) is 0 Å². The van der Waals surface area contributed by atoms with E-state index in [0.29, 0.717) is 0 Å². The lowest BCUT2D eigenvalue weighted by Crippen LogP contribution is -2.57. The Labute approximate surface area is 69.2 Å². The molecule has 0 amide bonds. The minimum absolute atomic E-state index is 0.921. The summed E-state index contributed by atoms with van der Waals surface area (Å²) in [5.41, 5.74) is 1.08. The summed E-state index contributed by atoms with van der Waals surface area (Å²) in [6, 6.07) is 7.83. The van der Waals surface area contributed by atoms with Gasteiger partial charge in [0, 0.05) is 17.0 Å². The zero-order chi connectivity index (χ0) is 7.40. The molecule has 1 rings (SSSR count). The first-order valence-electron chi connectivity index (χ1n) is 2.83. The molecule has 0 saturated carbocycles. The molecule has 0 atom stereocenters. The highest BCUT2D eigenvalue weighted by Crippen LogP contribution is 2.06. The highest BCUT2D eigenvalue weighted by Gasteiger charge is 1.87. The molecule has 1 N–H and O–H groups in total. The van der Waals surface area contributed by atoms with E-state index in [0.717, 1.165) is 21.7 Å². The molecule has 0 unspecified atom stereocenters. The molecular weight excluding hydrogens is 162 g/mol. The van der Waals surface area contributed by atoms with Gasteiger partial charge in [-0.25, -0.2) is 11.1 Å². The second kappa shape index (κ2) is 3.68. The van der Waals surface area contributed by atoms with Crippen molar-refractivity contribution in [2.75, 3.05) is 0 Å². The van der Waals surface area contributed by atoms with Gasteiger partial charge in [0.15, 0.2) is 5.69 Å². The summed E-state index contributed by atoms with van der Waals surface area (Å²) in [6.45, 7) is 0. The maximum Gasteiger partial charge on any atom is 0.181 e. The fourth-order valence-corrected chi connectivity index (χ4v) is 1.11. The zero-order valence-corrected chi connectivity index (χ0v) is 7.20. The van der Waals surface area contributed by atoms with Gasteiger partial charge in [-0.05, 0) is 12.1 Å². The van der Waals surface area contributed by atoms with Crippen LogP contribution < -0.4 is 4.36 Å². The number of hydrogen-bond acceptors (Lipinski definition) is 2. The van der Waals surface area contributed by atoms with E-state index >= 15 is 0 Å². The van der Waals surface area contributed by atoms with Crippen molar-refractivity contribution in [3.8, 4) is 0 Å². The van der Waals surface area contributed by atoms with Crippen LogP contribution in [0.1, 0.15) is 0 Å². The summed E-state index contributed by atoms with van der Waals surface area (Å²) in [5.74, 6) is 3.65. The predicted octanol–water partition coefficient (Wildman–Crippen LogP) is 0.118. The maximum absolute atomic E-state index is 4.15. The molecule has 0 radical (unpaired) electrons. The lowest BCUT2D eigenvalue weighted by Gasteiger charge is -1.88. The molecular formula is C7H9NS2. The van der Waals surface area contributed by atoms with E-state index in [1.807, 2.05) is 24.3 Å². The summed E-state index contributed by atoms with van der Waals surface area (Å²) in [7, 11) is 0. The first-order valence-corrected chi connectivity index (χ1v) is 4.36. The Kier molecular flexibility index (Phi) is 2.83. The minimum Gasteiger partial charge on any atom is -0.333 e. The normalized spacial score (nSPS) is 9.30. The summed E-state index contributed by atoms with van der Waals surface area (Å²) < 4.78 is 3.06. The molecule has 10 heavy (non-hydrogen) atoms. The van der Waals surface area contributed by atoms with Crippen LogP contribution in [-0.4, -0.2) is 5.87 Å². The van der Waals surface area contributed by atoms with Gasteiger partial charge >= 0.3 is 0 Å². The van der Waals surface area contributed by atoms with Crippen LogP contribution in [0.2, 0.25) is 0 Å². The van der Waals surface area contributed by atoms with Crippen molar-refractivity contribution in [3.05, 3.63) is 24.3 Å². The van der Waals surface area contributed by atoms with E-state index in [1.165, 1.54) is 0 Å². The van der Waals surface area contributed by atoms with Gasteiger partial charge in [-0.1, -0.05) is 0 Å². The average Bonchev–Trinajstić information content (AvgIpc) is 1.95. The van der Waals surface area contributed by atoms with Crippen LogP contribution in [0, 0.1) is 0 Å². The molecule has 1 aromatic rings. The molecule has 0 spiro atoms. The average molecular weight is 171 g/mol. The van der Waals surface area contributed by atoms with Crippen molar-refractivity contribution in [2.45, 2.75) is 4.90 Å². The highest BCUT2D eigenvalue weighted by atomic mass is 32.1. The minimum atomic E-state index is 0.921. The molecule has 0 aliphatic heterocycles. The van der Waals surface area contributed by atoms with Gasteiger partial charge in [0.05, 0.1) is 0 Å². The topological polar surface area (TPSA) is 14.0 Å². The molecule has 1 nitrogen and oxygen atoms in total. The van der Waals surface area contributed by atoms with E-state index in [-0.39, 0.29) is 0 Å². The Hall–Kier alpha value is -0.410. The molecule has 0 heterocycles. The van der Waals surface area contributed by atoms with Crippen LogP contribution in [0.15, 0.2) is 29.2 Å². The molecule has 0 aliphatic carbocycles. The van der Waals surface area contributed by atoms with E-state index in [2.05, 4.69) is 22.9 Å². The van der Waals surface area contributed by atoms with E-state index in [1.54, 1.807) is 0 Å². The third kappa shape index (κ3) is 2.08. The van der Waals surface area contributed by atoms with Crippen LogP contribution in [0.5, 0.6) is 0 Å². The first-order chi connectivity index (χ1) is 4.83. The monoisotopic (exact) mass is 171 g/mol. The summed E-state index contributed by atoms with van der Waals surface area (Å²) in [4.78, 5) is 0.978. The molecule has 0 aliphatic rings. The van der Waals surface area contributed by atoms with E-state index in [9.17, 15) is 0 Å². The number of benzene rings is 1. The van der Waals surface area contributed by atoms with Gasteiger partial charge < -0.3 is 4.36 Å².